The minimum Gasteiger partial charge on any atom is -0.373 e. The van der Waals surface area contributed by atoms with E-state index in [4.69, 9.17) is 4.74 Å². The smallest absolute Gasteiger partial charge is 0.129 e. The molecular weight excluding hydrogens is 229 g/mol. The molecule has 3 heteroatoms. The Kier molecular flexibility index (Phi) is 3.35. The van der Waals surface area contributed by atoms with Crippen LogP contribution in [0.25, 0.3) is 0 Å². The molecule has 18 heavy (non-hydrogen) atoms. The maximum atomic E-state index is 13.9. The van der Waals surface area contributed by atoms with Gasteiger partial charge in [-0.15, -0.1) is 0 Å². The fourth-order valence-corrected chi connectivity index (χ4v) is 2.67. The van der Waals surface area contributed by atoms with Crippen LogP contribution in [0, 0.1) is 18.7 Å². The molecule has 98 valence electrons. The average Bonchev–Trinajstić information content (AvgIpc) is 3.08. The first-order chi connectivity index (χ1) is 8.74. The summed E-state index contributed by atoms with van der Waals surface area (Å²) in [4.78, 5) is 0. The molecule has 0 radical (unpaired) electrons. The van der Waals surface area contributed by atoms with Crippen LogP contribution in [0.2, 0.25) is 0 Å². The van der Waals surface area contributed by atoms with E-state index < -0.39 is 0 Å². The van der Waals surface area contributed by atoms with Gasteiger partial charge in [0, 0.05) is 30.7 Å². The van der Waals surface area contributed by atoms with Crippen molar-refractivity contribution in [3.8, 4) is 0 Å². The highest BCUT2D eigenvalue weighted by Gasteiger charge is 2.33. The SMILES string of the molecule is Cc1ccc(F)c(C2OCCC2CNC2CC2)c1. The van der Waals surface area contributed by atoms with Crippen LogP contribution in [0.1, 0.15) is 36.5 Å². The van der Waals surface area contributed by atoms with E-state index in [1.807, 2.05) is 19.1 Å². The van der Waals surface area contributed by atoms with Gasteiger partial charge in [0.1, 0.15) is 5.82 Å². The van der Waals surface area contributed by atoms with E-state index in [9.17, 15) is 4.39 Å². The highest BCUT2D eigenvalue weighted by atomic mass is 19.1. The summed E-state index contributed by atoms with van der Waals surface area (Å²) in [6, 6.07) is 5.99. The second-order valence-electron chi connectivity index (χ2n) is 5.55. The van der Waals surface area contributed by atoms with E-state index in [0.29, 0.717) is 12.0 Å². The molecular formula is C15H20FNO. The van der Waals surface area contributed by atoms with Gasteiger partial charge in [-0.1, -0.05) is 17.7 Å². The molecule has 1 aliphatic carbocycles. The summed E-state index contributed by atoms with van der Waals surface area (Å²) in [6.07, 6.45) is 3.53. The topological polar surface area (TPSA) is 21.3 Å². The van der Waals surface area contributed by atoms with Gasteiger partial charge >= 0.3 is 0 Å². The van der Waals surface area contributed by atoms with Crippen molar-refractivity contribution in [1.82, 2.24) is 5.32 Å². The molecule has 2 fully saturated rings. The molecule has 2 atom stereocenters. The summed E-state index contributed by atoms with van der Waals surface area (Å²) in [6.45, 7) is 3.69. The van der Waals surface area contributed by atoms with E-state index in [0.717, 1.165) is 30.7 Å². The number of benzene rings is 1. The van der Waals surface area contributed by atoms with Gasteiger partial charge in [0.2, 0.25) is 0 Å². The van der Waals surface area contributed by atoms with Crippen LogP contribution in [0.3, 0.4) is 0 Å². The number of aryl methyl sites for hydroxylation is 1. The van der Waals surface area contributed by atoms with Crippen LogP contribution in [0.4, 0.5) is 4.39 Å². The Morgan fingerprint density at radius 3 is 2.94 bits per heavy atom. The van der Waals surface area contributed by atoms with Crippen LogP contribution in [-0.2, 0) is 4.74 Å². The van der Waals surface area contributed by atoms with E-state index >= 15 is 0 Å². The summed E-state index contributed by atoms with van der Waals surface area (Å²) in [5.41, 5.74) is 1.82. The predicted octanol–water partition coefficient (Wildman–Crippen LogP) is 2.96. The van der Waals surface area contributed by atoms with E-state index in [1.165, 1.54) is 12.8 Å². The average molecular weight is 249 g/mol. The van der Waals surface area contributed by atoms with Gasteiger partial charge < -0.3 is 10.1 Å². The third-order valence-electron chi connectivity index (χ3n) is 3.92. The van der Waals surface area contributed by atoms with Crippen molar-refractivity contribution in [2.45, 2.75) is 38.3 Å². The summed E-state index contributed by atoms with van der Waals surface area (Å²) in [5.74, 6) is 0.269. The lowest BCUT2D eigenvalue weighted by molar-refractivity contribution is 0.0873. The number of nitrogens with one attached hydrogen (secondary N) is 1. The quantitative estimate of drug-likeness (QED) is 0.885. The largest absolute Gasteiger partial charge is 0.373 e. The number of hydrogen-bond donors (Lipinski definition) is 1. The molecule has 1 saturated carbocycles. The maximum Gasteiger partial charge on any atom is 0.129 e. The van der Waals surface area contributed by atoms with Crippen LogP contribution in [0.15, 0.2) is 18.2 Å². The Labute approximate surface area is 108 Å². The molecule has 0 aromatic heterocycles. The molecule has 3 rings (SSSR count). The first-order valence-corrected chi connectivity index (χ1v) is 6.85. The Morgan fingerprint density at radius 1 is 1.33 bits per heavy atom. The van der Waals surface area contributed by atoms with Crippen LogP contribution in [0.5, 0.6) is 0 Å². The van der Waals surface area contributed by atoms with Crippen molar-refractivity contribution in [2.24, 2.45) is 5.92 Å². The number of ether oxygens (including phenoxy) is 1. The molecule has 1 saturated heterocycles. The van der Waals surface area contributed by atoms with Gasteiger partial charge in [0.15, 0.2) is 0 Å². The lowest BCUT2D eigenvalue weighted by Crippen LogP contribution is -2.26. The zero-order valence-corrected chi connectivity index (χ0v) is 10.8. The first kappa shape index (κ1) is 12.1. The van der Waals surface area contributed by atoms with Gasteiger partial charge in [0.25, 0.3) is 0 Å². The van der Waals surface area contributed by atoms with Crippen molar-refractivity contribution in [1.29, 1.82) is 0 Å². The molecule has 0 amide bonds. The Balaban J connectivity index is 1.73. The fourth-order valence-electron chi connectivity index (χ4n) is 2.67. The predicted molar refractivity (Wildman–Crippen MR) is 69.0 cm³/mol. The molecule has 1 aromatic rings. The summed E-state index contributed by atoms with van der Waals surface area (Å²) in [7, 11) is 0. The molecule has 1 N–H and O–H groups in total. The number of rotatable bonds is 4. The molecule has 1 heterocycles. The molecule has 0 bridgehead atoms. The number of hydrogen-bond acceptors (Lipinski definition) is 2. The Hall–Kier alpha value is -0.930. The highest BCUT2D eigenvalue weighted by Crippen LogP contribution is 2.36. The van der Waals surface area contributed by atoms with Crippen molar-refractivity contribution in [3.05, 3.63) is 35.1 Å². The normalized spacial score (nSPS) is 27.7. The van der Waals surface area contributed by atoms with E-state index in [2.05, 4.69) is 5.32 Å². The van der Waals surface area contributed by atoms with Gasteiger partial charge in [-0.3, -0.25) is 0 Å². The standard InChI is InChI=1S/C15H20FNO/c1-10-2-5-14(16)13(8-10)15-11(6-7-18-15)9-17-12-3-4-12/h2,5,8,11-12,15,17H,3-4,6-7,9H2,1H3. The van der Waals surface area contributed by atoms with Crippen LogP contribution in [-0.4, -0.2) is 19.2 Å². The summed E-state index contributed by atoms with van der Waals surface area (Å²) < 4.78 is 19.7. The Morgan fingerprint density at radius 2 is 2.17 bits per heavy atom. The Bertz CT molecular complexity index is 431. The van der Waals surface area contributed by atoms with E-state index in [1.54, 1.807) is 6.07 Å². The maximum absolute atomic E-state index is 13.9. The van der Waals surface area contributed by atoms with E-state index in [-0.39, 0.29) is 11.9 Å². The van der Waals surface area contributed by atoms with Gasteiger partial charge in [-0.05, 0) is 32.3 Å². The zero-order chi connectivity index (χ0) is 12.5. The fraction of sp³-hybridized carbons (Fsp3) is 0.600. The van der Waals surface area contributed by atoms with Crippen molar-refractivity contribution in [3.63, 3.8) is 0 Å². The third kappa shape index (κ3) is 2.57. The second-order valence-corrected chi connectivity index (χ2v) is 5.55. The molecule has 2 aliphatic rings. The third-order valence-corrected chi connectivity index (χ3v) is 3.92. The lowest BCUT2D eigenvalue weighted by atomic mass is 9.94. The second kappa shape index (κ2) is 4.98. The van der Waals surface area contributed by atoms with Crippen molar-refractivity contribution >= 4 is 0 Å². The number of halogens is 1. The van der Waals surface area contributed by atoms with Gasteiger partial charge in [0.05, 0.1) is 6.10 Å². The first-order valence-electron chi connectivity index (χ1n) is 6.85. The molecule has 0 spiro atoms. The molecule has 2 nitrogen and oxygen atoms in total. The summed E-state index contributed by atoms with van der Waals surface area (Å²) >= 11 is 0. The van der Waals surface area contributed by atoms with Crippen LogP contribution >= 0.6 is 0 Å². The molecule has 1 aliphatic heterocycles. The minimum atomic E-state index is -0.135. The lowest BCUT2D eigenvalue weighted by Gasteiger charge is -2.20. The molecule has 2 unspecified atom stereocenters. The van der Waals surface area contributed by atoms with Crippen LogP contribution < -0.4 is 5.32 Å². The molecule has 1 aromatic carbocycles. The zero-order valence-electron chi connectivity index (χ0n) is 10.8. The van der Waals surface area contributed by atoms with Gasteiger partial charge in [-0.25, -0.2) is 4.39 Å². The van der Waals surface area contributed by atoms with Crippen molar-refractivity contribution in [2.75, 3.05) is 13.2 Å². The monoisotopic (exact) mass is 249 g/mol. The summed E-state index contributed by atoms with van der Waals surface area (Å²) in [5, 5.41) is 3.53. The van der Waals surface area contributed by atoms with Crippen molar-refractivity contribution < 1.29 is 9.13 Å². The van der Waals surface area contributed by atoms with Gasteiger partial charge in [-0.2, -0.15) is 0 Å². The minimum absolute atomic E-state index is 0.0730. The highest BCUT2D eigenvalue weighted by molar-refractivity contribution is 5.27.